The van der Waals surface area contributed by atoms with Gasteiger partial charge in [-0.2, -0.15) is 24.4 Å². The van der Waals surface area contributed by atoms with E-state index < -0.39 is 0 Å². The molecule has 0 spiro atoms. The molecule has 0 amide bonds. The molecule has 1 aliphatic rings. The highest BCUT2D eigenvalue weighted by Gasteiger charge is 2.30. The van der Waals surface area contributed by atoms with Gasteiger partial charge < -0.3 is 4.90 Å². The summed E-state index contributed by atoms with van der Waals surface area (Å²) in [5.74, 6) is 2.30. The third-order valence-corrected chi connectivity index (χ3v) is 6.37. The summed E-state index contributed by atoms with van der Waals surface area (Å²) in [6.07, 6.45) is 3.81. The van der Waals surface area contributed by atoms with Crippen molar-refractivity contribution < 1.29 is 0 Å². The summed E-state index contributed by atoms with van der Waals surface area (Å²) in [7, 11) is 0. The Labute approximate surface area is 118 Å². The second kappa shape index (κ2) is 6.72. The van der Waals surface area contributed by atoms with Gasteiger partial charge in [-0.25, -0.2) is 0 Å². The molecule has 1 nitrogen and oxygen atoms in total. The van der Waals surface area contributed by atoms with E-state index in [1.54, 1.807) is 0 Å². The van der Waals surface area contributed by atoms with Crippen LogP contribution in [0, 0.1) is 5.41 Å². The quantitative estimate of drug-likeness (QED) is 0.757. The summed E-state index contributed by atoms with van der Waals surface area (Å²) >= 11 is 6.72. The van der Waals surface area contributed by atoms with E-state index in [1.165, 1.54) is 44.6 Å². The van der Waals surface area contributed by atoms with Gasteiger partial charge >= 0.3 is 0 Å². The SMILES string of the molecule is CCC(CC)(CS)CN1CCSC(C)(C)CC1. The molecule has 1 fully saturated rings. The Morgan fingerprint density at radius 1 is 1.24 bits per heavy atom. The number of hydrogen-bond acceptors (Lipinski definition) is 3. The van der Waals surface area contributed by atoms with Crippen molar-refractivity contribution in [3.63, 3.8) is 0 Å². The van der Waals surface area contributed by atoms with Crippen LogP contribution in [0.1, 0.15) is 47.0 Å². The van der Waals surface area contributed by atoms with Crippen molar-refractivity contribution in [3.8, 4) is 0 Å². The van der Waals surface area contributed by atoms with Gasteiger partial charge in [0.15, 0.2) is 0 Å². The third kappa shape index (κ3) is 4.68. The lowest BCUT2D eigenvalue weighted by Crippen LogP contribution is -2.40. The van der Waals surface area contributed by atoms with E-state index in [9.17, 15) is 0 Å². The molecule has 0 aromatic heterocycles. The maximum atomic E-state index is 4.59. The van der Waals surface area contributed by atoms with Crippen LogP contribution in [0.2, 0.25) is 0 Å². The lowest BCUT2D eigenvalue weighted by Gasteiger charge is -2.36. The fourth-order valence-corrected chi connectivity index (χ4v) is 4.13. The minimum atomic E-state index is 0.433. The summed E-state index contributed by atoms with van der Waals surface area (Å²) in [6.45, 7) is 13.1. The van der Waals surface area contributed by atoms with Crippen molar-refractivity contribution in [2.75, 3.05) is 31.1 Å². The Kier molecular flexibility index (Phi) is 6.21. The molecule has 1 saturated heterocycles. The highest BCUT2D eigenvalue weighted by Crippen LogP contribution is 2.34. The lowest BCUT2D eigenvalue weighted by molar-refractivity contribution is 0.163. The zero-order valence-corrected chi connectivity index (χ0v) is 13.7. The summed E-state index contributed by atoms with van der Waals surface area (Å²) < 4.78 is 0.469. The van der Waals surface area contributed by atoms with E-state index in [2.05, 4.69) is 57.0 Å². The zero-order chi connectivity index (χ0) is 12.9. The van der Waals surface area contributed by atoms with Gasteiger partial charge in [0.2, 0.25) is 0 Å². The second-order valence-electron chi connectivity index (χ2n) is 6.00. The molecule has 0 bridgehead atoms. The van der Waals surface area contributed by atoms with Gasteiger partial charge in [0.05, 0.1) is 0 Å². The average Bonchev–Trinajstić information content (AvgIpc) is 2.48. The monoisotopic (exact) mass is 275 g/mol. The largest absolute Gasteiger partial charge is 0.302 e. The predicted octanol–water partition coefficient (Wildman–Crippen LogP) is 3.94. The number of thiol groups is 1. The first-order chi connectivity index (χ1) is 7.97. The van der Waals surface area contributed by atoms with Crippen LogP contribution in [0.4, 0.5) is 0 Å². The van der Waals surface area contributed by atoms with Crippen LogP contribution < -0.4 is 0 Å². The maximum Gasteiger partial charge on any atom is 0.0116 e. The number of nitrogens with zero attached hydrogens (tertiary/aromatic N) is 1. The smallest absolute Gasteiger partial charge is 0.0116 e. The zero-order valence-electron chi connectivity index (χ0n) is 12.0. The van der Waals surface area contributed by atoms with Gasteiger partial charge in [-0.1, -0.05) is 27.7 Å². The number of thioether (sulfide) groups is 1. The van der Waals surface area contributed by atoms with Gasteiger partial charge in [-0.3, -0.25) is 0 Å². The molecule has 1 heterocycles. The van der Waals surface area contributed by atoms with Gasteiger partial charge in [0.25, 0.3) is 0 Å². The Morgan fingerprint density at radius 2 is 1.88 bits per heavy atom. The Morgan fingerprint density at radius 3 is 2.41 bits per heavy atom. The Hall–Kier alpha value is 0.660. The highest BCUT2D eigenvalue weighted by molar-refractivity contribution is 8.00. The molecule has 102 valence electrons. The minimum absolute atomic E-state index is 0.433. The van der Waals surface area contributed by atoms with Gasteiger partial charge in [0.1, 0.15) is 0 Å². The molecule has 1 rings (SSSR count). The van der Waals surface area contributed by atoms with E-state index in [0.29, 0.717) is 10.2 Å². The molecular weight excluding hydrogens is 246 g/mol. The fourth-order valence-electron chi connectivity index (χ4n) is 2.44. The first kappa shape index (κ1) is 15.7. The van der Waals surface area contributed by atoms with Gasteiger partial charge in [-0.15, -0.1) is 0 Å². The van der Waals surface area contributed by atoms with Crippen molar-refractivity contribution in [2.24, 2.45) is 5.41 Å². The molecule has 17 heavy (non-hydrogen) atoms. The summed E-state index contributed by atoms with van der Waals surface area (Å²) in [6, 6.07) is 0. The normalized spacial score (nSPS) is 22.4. The Balaban J connectivity index is 2.56. The lowest BCUT2D eigenvalue weighted by atomic mass is 9.83. The molecule has 0 N–H and O–H groups in total. The van der Waals surface area contributed by atoms with Crippen molar-refractivity contribution in [2.45, 2.75) is 51.7 Å². The standard InChI is InChI=1S/C14H29NS2/c1-5-14(6-2,12-16)11-15-8-7-13(3,4)17-10-9-15/h16H,5-12H2,1-4H3. The van der Waals surface area contributed by atoms with Gasteiger partial charge in [-0.05, 0) is 37.0 Å². The summed E-state index contributed by atoms with van der Waals surface area (Å²) in [4.78, 5) is 2.67. The summed E-state index contributed by atoms with van der Waals surface area (Å²) in [5.41, 5.74) is 0.433. The van der Waals surface area contributed by atoms with E-state index in [0.717, 1.165) is 5.75 Å². The molecule has 0 aromatic carbocycles. The molecule has 0 radical (unpaired) electrons. The van der Waals surface area contributed by atoms with Crippen LogP contribution in [0.25, 0.3) is 0 Å². The molecule has 0 unspecified atom stereocenters. The van der Waals surface area contributed by atoms with Crippen molar-refractivity contribution in [1.29, 1.82) is 0 Å². The highest BCUT2D eigenvalue weighted by atomic mass is 32.2. The van der Waals surface area contributed by atoms with Crippen LogP contribution >= 0.6 is 24.4 Å². The predicted molar refractivity (Wildman–Crippen MR) is 84.5 cm³/mol. The van der Waals surface area contributed by atoms with E-state index in [1.807, 2.05) is 0 Å². The van der Waals surface area contributed by atoms with E-state index in [4.69, 9.17) is 0 Å². The fraction of sp³-hybridized carbons (Fsp3) is 1.00. The second-order valence-corrected chi connectivity index (χ2v) is 8.12. The molecule has 0 aliphatic carbocycles. The van der Waals surface area contributed by atoms with Gasteiger partial charge in [0, 0.05) is 23.6 Å². The van der Waals surface area contributed by atoms with Crippen LogP contribution in [-0.2, 0) is 0 Å². The number of hydrogen-bond donors (Lipinski definition) is 1. The van der Waals surface area contributed by atoms with E-state index >= 15 is 0 Å². The molecule has 0 saturated carbocycles. The molecular formula is C14H29NS2. The molecule has 1 aliphatic heterocycles. The topological polar surface area (TPSA) is 3.24 Å². The molecule has 0 atom stereocenters. The molecule has 0 aromatic rings. The third-order valence-electron chi connectivity index (χ3n) is 4.32. The first-order valence-electron chi connectivity index (χ1n) is 6.94. The minimum Gasteiger partial charge on any atom is -0.302 e. The number of rotatable bonds is 5. The van der Waals surface area contributed by atoms with E-state index in [-0.39, 0.29) is 0 Å². The van der Waals surface area contributed by atoms with Crippen molar-refractivity contribution in [1.82, 2.24) is 4.90 Å². The van der Waals surface area contributed by atoms with Crippen molar-refractivity contribution in [3.05, 3.63) is 0 Å². The van der Waals surface area contributed by atoms with Crippen LogP contribution in [0.15, 0.2) is 0 Å². The van der Waals surface area contributed by atoms with Crippen LogP contribution in [0.3, 0.4) is 0 Å². The average molecular weight is 276 g/mol. The first-order valence-corrected chi connectivity index (χ1v) is 8.56. The van der Waals surface area contributed by atoms with Crippen LogP contribution in [-0.4, -0.2) is 40.8 Å². The summed E-state index contributed by atoms with van der Waals surface area (Å²) in [5, 5.41) is 0. The maximum absolute atomic E-state index is 4.59. The van der Waals surface area contributed by atoms with Crippen molar-refractivity contribution >= 4 is 24.4 Å². The Bertz CT molecular complexity index is 216. The van der Waals surface area contributed by atoms with Crippen LogP contribution in [0.5, 0.6) is 0 Å². The molecule has 3 heteroatoms.